The van der Waals surface area contributed by atoms with Gasteiger partial charge in [0.1, 0.15) is 5.75 Å². The van der Waals surface area contributed by atoms with Gasteiger partial charge in [0.15, 0.2) is 0 Å². The molecule has 0 spiro atoms. The zero-order chi connectivity index (χ0) is 19.0. The number of benzene rings is 1. The number of nitrogens with one attached hydrogen (secondary N) is 2. The minimum Gasteiger partial charge on any atom is -0.494 e. The molecule has 1 aromatic carbocycles. The minimum atomic E-state index is -3.16. The topological polar surface area (TPSA) is 67.4 Å². The number of rotatable bonds is 10. The van der Waals surface area contributed by atoms with Gasteiger partial charge in [0, 0.05) is 18.3 Å². The molecule has 1 fully saturated rings. The Labute approximate surface area is 159 Å². The van der Waals surface area contributed by atoms with Crippen LogP contribution in [-0.4, -0.2) is 32.9 Å². The van der Waals surface area contributed by atoms with Gasteiger partial charge in [-0.15, -0.1) is 0 Å². The second kappa shape index (κ2) is 10.2. The Morgan fingerprint density at radius 2 is 1.77 bits per heavy atom. The first-order chi connectivity index (χ1) is 12.4. The fraction of sp³-hybridized carbons (Fsp3) is 0.700. The van der Waals surface area contributed by atoms with Crippen LogP contribution in [0.15, 0.2) is 24.3 Å². The lowest BCUT2D eigenvalue weighted by atomic mass is 9.86. The molecule has 2 rings (SSSR count). The maximum Gasteiger partial charge on any atom is 0.214 e. The summed E-state index contributed by atoms with van der Waals surface area (Å²) in [4.78, 5) is 0. The molecule has 0 heterocycles. The van der Waals surface area contributed by atoms with E-state index in [4.69, 9.17) is 4.74 Å². The third-order valence-electron chi connectivity index (χ3n) is 5.01. The molecule has 0 amide bonds. The number of hydrogen-bond acceptors (Lipinski definition) is 4. The first-order valence-corrected chi connectivity index (χ1v) is 11.4. The van der Waals surface area contributed by atoms with Gasteiger partial charge in [-0.3, -0.25) is 0 Å². The zero-order valence-electron chi connectivity index (χ0n) is 16.3. The molecule has 6 heteroatoms. The Morgan fingerprint density at radius 3 is 2.35 bits per heavy atom. The normalized spacial score (nSPS) is 20.9. The van der Waals surface area contributed by atoms with Gasteiger partial charge in [-0.2, -0.15) is 0 Å². The molecule has 2 N–H and O–H groups in total. The van der Waals surface area contributed by atoms with Crippen LogP contribution in [0.2, 0.25) is 0 Å². The van der Waals surface area contributed by atoms with E-state index in [1.54, 1.807) is 13.8 Å². The van der Waals surface area contributed by atoms with Crippen LogP contribution in [0.4, 0.5) is 5.69 Å². The molecule has 26 heavy (non-hydrogen) atoms. The van der Waals surface area contributed by atoms with E-state index >= 15 is 0 Å². The largest absolute Gasteiger partial charge is 0.494 e. The maximum absolute atomic E-state index is 12.0. The van der Waals surface area contributed by atoms with E-state index in [1.807, 2.05) is 12.1 Å². The molecule has 1 saturated carbocycles. The van der Waals surface area contributed by atoms with Gasteiger partial charge in [-0.1, -0.05) is 13.3 Å². The van der Waals surface area contributed by atoms with E-state index in [0.29, 0.717) is 5.92 Å². The lowest BCUT2D eigenvalue weighted by Gasteiger charge is -2.29. The van der Waals surface area contributed by atoms with Crippen LogP contribution >= 0.6 is 0 Å². The van der Waals surface area contributed by atoms with Crippen LogP contribution in [0.3, 0.4) is 0 Å². The molecule has 0 bridgehead atoms. The van der Waals surface area contributed by atoms with Crippen molar-refractivity contribution in [2.75, 3.05) is 18.5 Å². The third kappa shape index (κ3) is 6.80. The number of hydrogen-bond donors (Lipinski definition) is 2. The second-order valence-electron chi connectivity index (χ2n) is 7.54. The highest BCUT2D eigenvalue weighted by atomic mass is 32.2. The van der Waals surface area contributed by atoms with Gasteiger partial charge in [0.25, 0.3) is 0 Å². The van der Waals surface area contributed by atoms with Crippen LogP contribution in [0.5, 0.6) is 5.75 Å². The summed E-state index contributed by atoms with van der Waals surface area (Å²) in [5.74, 6) is 1.51. The predicted molar refractivity (Wildman–Crippen MR) is 108 cm³/mol. The van der Waals surface area contributed by atoms with Crippen molar-refractivity contribution < 1.29 is 13.2 Å². The summed E-state index contributed by atoms with van der Waals surface area (Å²) in [5, 5.41) is 3.13. The molecule has 1 aromatic rings. The first kappa shape index (κ1) is 21.0. The Kier molecular flexibility index (Phi) is 8.22. The molecule has 0 atom stereocenters. The average Bonchev–Trinajstić information content (AvgIpc) is 2.62. The van der Waals surface area contributed by atoms with E-state index in [-0.39, 0.29) is 11.3 Å². The van der Waals surface area contributed by atoms with E-state index < -0.39 is 10.0 Å². The van der Waals surface area contributed by atoms with E-state index in [1.165, 1.54) is 0 Å². The van der Waals surface area contributed by atoms with E-state index in [2.05, 4.69) is 29.1 Å². The summed E-state index contributed by atoms with van der Waals surface area (Å²) in [6.45, 7) is 7.30. The van der Waals surface area contributed by atoms with Gasteiger partial charge in [-0.25, -0.2) is 13.1 Å². The quantitative estimate of drug-likeness (QED) is 0.596. The van der Waals surface area contributed by atoms with Crippen molar-refractivity contribution in [1.82, 2.24) is 4.72 Å². The average molecular weight is 383 g/mol. The van der Waals surface area contributed by atoms with Crippen molar-refractivity contribution in [3.8, 4) is 5.75 Å². The molecule has 0 aromatic heterocycles. The molecule has 1 aliphatic carbocycles. The molecule has 1 aliphatic rings. The highest BCUT2D eigenvalue weighted by Gasteiger charge is 2.26. The van der Waals surface area contributed by atoms with Crippen LogP contribution < -0.4 is 14.8 Å². The number of sulfonamides is 1. The molecule has 148 valence electrons. The van der Waals surface area contributed by atoms with E-state index in [9.17, 15) is 8.42 Å². The standard InChI is InChI=1S/C20H34N2O3S/c1-4-5-14-25-20-12-10-18(11-13-20)21-15-17-6-8-19(9-7-17)22-26(23,24)16(2)3/h10-13,16-17,19,21-22H,4-9,14-15H2,1-3H3. The third-order valence-corrected chi connectivity index (χ3v) is 6.92. The van der Waals surface area contributed by atoms with Gasteiger partial charge >= 0.3 is 0 Å². The Bertz CT molecular complexity index is 621. The maximum atomic E-state index is 12.0. The van der Waals surface area contributed by atoms with Gasteiger partial charge in [0.2, 0.25) is 10.0 Å². The monoisotopic (exact) mass is 382 g/mol. The molecule has 0 unspecified atom stereocenters. The fourth-order valence-electron chi connectivity index (χ4n) is 3.12. The van der Waals surface area contributed by atoms with Crippen molar-refractivity contribution in [2.45, 2.75) is 70.6 Å². The Morgan fingerprint density at radius 1 is 1.12 bits per heavy atom. The molecule has 0 radical (unpaired) electrons. The van der Waals surface area contributed by atoms with Crippen molar-refractivity contribution >= 4 is 15.7 Å². The summed E-state index contributed by atoms with van der Waals surface area (Å²) in [6.07, 6.45) is 6.16. The molecule has 0 aliphatic heterocycles. The van der Waals surface area contributed by atoms with Crippen molar-refractivity contribution in [1.29, 1.82) is 0 Å². The van der Waals surface area contributed by atoms with Crippen LogP contribution in [0.25, 0.3) is 0 Å². The lowest BCUT2D eigenvalue weighted by Crippen LogP contribution is -2.41. The van der Waals surface area contributed by atoms with Crippen molar-refractivity contribution in [3.05, 3.63) is 24.3 Å². The minimum absolute atomic E-state index is 0.0956. The number of anilines is 1. The smallest absolute Gasteiger partial charge is 0.214 e. The molecule has 5 nitrogen and oxygen atoms in total. The number of ether oxygens (including phenoxy) is 1. The zero-order valence-corrected chi connectivity index (χ0v) is 17.1. The summed E-state index contributed by atoms with van der Waals surface area (Å²) in [7, 11) is -3.16. The Balaban J connectivity index is 1.70. The summed E-state index contributed by atoms with van der Waals surface area (Å²) in [6, 6.07) is 8.23. The fourth-order valence-corrected chi connectivity index (χ4v) is 4.09. The highest BCUT2D eigenvalue weighted by Crippen LogP contribution is 2.26. The van der Waals surface area contributed by atoms with Crippen LogP contribution in [0, 0.1) is 5.92 Å². The Hall–Kier alpha value is -1.27. The second-order valence-corrected chi connectivity index (χ2v) is 9.81. The molecular formula is C20H34N2O3S. The summed E-state index contributed by atoms with van der Waals surface area (Å²) < 4.78 is 32.5. The van der Waals surface area contributed by atoms with Crippen molar-refractivity contribution in [3.63, 3.8) is 0 Å². The predicted octanol–water partition coefficient (Wildman–Crippen LogP) is 4.16. The summed E-state index contributed by atoms with van der Waals surface area (Å²) in [5.41, 5.74) is 1.11. The highest BCUT2D eigenvalue weighted by molar-refractivity contribution is 7.90. The summed E-state index contributed by atoms with van der Waals surface area (Å²) >= 11 is 0. The van der Waals surface area contributed by atoms with Gasteiger partial charge < -0.3 is 10.1 Å². The SMILES string of the molecule is CCCCOc1ccc(NCC2CCC(NS(=O)(=O)C(C)C)CC2)cc1. The van der Waals surface area contributed by atoms with Gasteiger partial charge in [-0.05, 0) is 76.1 Å². The van der Waals surface area contributed by atoms with Crippen LogP contribution in [-0.2, 0) is 10.0 Å². The van der Waals surface area contributed by atoms with Crippen LogP contribution in [0.1, 0.15) is 59.3 Å². The van der Waals surface area contributed by atoms with Crippen molar-refractivity contribution in [2.24, 2.45) is 5.92 Å². The van der Waals surface area contributed by atoms with Gasteiger partial charge in [0.05, 0.1) is 11.9 Å². The number of unbranched alkanes of at least 4 members (excludes halogenated alkanes) is 1. The molecule has 0 saturated heterocycles. The molecular weight excluding hydrogens is 348 g/mol. The van der Waals surface area contributed by atoms with E-state index in [0.717, 1.165) is 63.1 Å². The lowest BCUT2D eigenvalue weighted by molar-refractivity contribution is 0.309. The first-order valence-electron chi connectivity index (χ1n) is 9.88.